The first kappa shape index (κ1) is 13.0. The number of aromatic hydroxyl groups is 1. The maximum atomic E-state index is 9.78. The predicted molar refractivity (Wildman–Crippen MR) is 66.8 cm³/mol. The van der Waals surface area contributed by atoms with Gasteiger partial charge in [0.1, 0.15) is 5.75 Å². The molecule has 0 radical (unpaired) electrons. The summed E-state index contributed by atoms with van der Waals surface area (Å²) in [5, 5.41) is 18.5. The topological polar surface area (TPSA) is 66.5 Å². The summed E-state index contributed by atoms with van der Waals surface area (Å²) in [6.45, 7) is 0.115. The Kier molecular flexibility index (Phi) is 5.05. The lowest BCUT2D eigenvalue weighted by atomic mass is 10.0. The molecule has 0 unspecified atom stereocenters. The van der Waals surface area contributed by atoms with Crippen LogP contribution in [0.15, 0.2) is 21.1 Å². The van der Waals surface area contributed by atoms with E-state index in [1.807, 2.05) is 0 Å². The van der Waals surface area contributed by atoms with Crippen LogP contribution in [-0.4, -0.2) is 16.8 Å². The van der Waals surface area contributed by atoms with Gasteiger partial charge in [-0.25, -0.2) is 0 Å². The highest BCUT2D eigenvalue weighted by atomic mass is 79.9. The maximum Gasteiger partial charge on any atom is 0.134 e. The van der Waals surface area contributed by atoms with Crippen LogP contribution in [0.3, 0.4) is 0 Å². The summed E-state index contributed by atoms with van der Waals surface area (Å²) in [4.78, 5) is 0. The Morgan fingerprint density at radius 1 is 1.33 bits per heavy atom. The molecule has 84 valence electrons. The van der Waals surface area contributed by atoms with Crippen LogP contribution in [0.5, 0.6) is 5.75 Å². The van der Waals surface area contributed by atoms with E-state index in [-0.39, 0.29) is 18.4 Å². The molecule has 0 amide bonds. The number of phenolic OH excluding ortho intramolecular Hbond substituents is 1. The molecule has 3 nitrogen and oxygen atoms in total. The van der Waals surface area contributed by atoms with E-state index in [4.69, 9.17) is 10.8 Å². The summed E-state index contributed by atoms with van der Waals surface area (Å²) in [6, 6.07) is 3.30. The van der Waals surface area contributed by atoms with Crippen molar-refractivity contribution < 1.29 is 10.2 Å². The van der Waals surface area contributed by atoms with Gasteiger partial charge in [-0.05, 0) is 40.9 Å². The van der Waals surface area contributed by atoms with Crippen LogP contribution < -0.4 is 5.73 Å². The van der Waals surface area contributed by atoms with Crippen molar-refractivity contribution in [2.75, 3.05) is 6.61 Å². The Morgan fingerprint density at radius 2 is 2.00 bits per heavy atom. The molecule has 15 heavy (non-hydrogen) atoms. The van der Waals surface area contributed by atoms with E-state index in [1.54, 1.807) is 12.1 Å². The number of rotatable bonds is 4. The average Bonchev–Trinajstić information content (AvgIpc) is 2.19. The molecule has 5 heteroatoms. The van der Waals surface area contributed by atoms with Gasteiger partial charge >= 0.3 is 0 Å². The first-order valence-corrected chi connectivity index (χ1v) is 6.19. The van der Waals surface area contributed by atoms with Gasteiger partial charge in [-0.2, -0.15) is 0 Å². The van der Waals surface area contributed by atoms with Crippen molar-refractivity contribution in [3.8, 4) is 5.75 Å². The minimum absolute atomic E-state index is 0.115. The minimum atomic E-state index is -0.258. The van der Waals surface area contributed by atoms with Crippen molar-refractivity contribution >= 4 is 31.9 Å². The summed E-state index contributed by atoms with van der Waals surface area (Å²) < 4.78 is 1.48. The van der Waals surface area contributed by atoms with E-state index in [0.717, 1.165) is 4.47 Å². The summed E-state index contributed by atoms with van der Waals surface area (Å²) >= 11 is 6.59. The van der Waals surface area contributed by atoms with E-state index in [9.17, 15) is 5.11 Å². The number of halogens is 2. The molecule has 0 heterocycles. The second-order valence-corrected chi connectivity index (χ2v) is 5.07. The highest BCUT2D eigenvalue weighted by molar-refractivity contribution is 9.11. The van der Waals surface area contributed by atoms with Crippen molar-refractivity contribution in [2.24, 2.45) is 5.73 Å². The highest BCUT2D eigenvalue weighted by Crippen LogP contribution is 2.35. The fourth-order valence-electron chi connectivity index (χ4n) is 1.34. The van der Waals surface area contributed by atoms with Gasteiger partial charge in [-0.1, -0.05) is 15.9 Å². The van der Waals surface area contributed by atoms with Gasteiger partial charge in [-0.15, -0.1) is 0 Å². The Hall–Kier alpha value is -0.100. The van der Waals surface area contributed by atoms with Crippen molar-refractivity contribution in [2.45, 2.75) is 18.9 Å². The van der Waals surface area contributed by atoms with Gasteiger partial charge in [0, 0.05) is 22.7 Å². The molecule has 0 saturated heterocycles. The number of hydrogen-bond acceptors (Lipinski definition) is 3. The quantitative estimate of drug-likeness (QED) is 0.790. The standard InChI is InChI=1S/C10H13Br2NO2/c11-6-4-7(9(13)2-1-3-14)10(15)8(12)5-6/h4-5,9,14-15H,1-3,13H2/t9-/m0/s1. The molecule has 0 aromatic heterocycles. The van der Waals surface area contributed by atoms with Gasteiger partial charge in [0.15, 0.2) is 0 Å². The SMILES string of the molecule is N[C@@H](CCCO)c1cc(Br)cc(Br)c1O. The van der Waals surface area contributed by atoms with E-state index in [2.05, 4.69) is 31.9 Å². The summed E-state index contributed by atoms with van der Waals surface area (Å²) in [5.41, 5.74) is 6.59. The van der Waals surface area contributed by atoms with Crippen LogP contribution in [0, 0.1) is 0 Å². The van der Waals surface area contributed by atoms with E-state index >= 15 is 0 Å². The highest BCUT2D eigenvalue weighted by Gasteiger charge is 2.13. The van der Waals surface area contributed by atoms with Crippen LogP contribution in [0.25, 0.3) is 0 Å². The Bertz CT molecular complexity index is 344. The third kappa shape index (κ3) is 3.45. The van der Waals surface area contributed by atoms with E-state index in [1.165, 1.54) is 0 Å². The molecule has 0 bridgehead atoms. The van der Waals surface area contributed by atoms with E-state index < -0.39 is 0 Å². The zero-order valence-corrected chi connectivity index (χ0v) is 11.3. The molecule has 1 rings (SSSR count). The number of aliphatic hydroxyl groups excluding tert-OH is 1. The Labute approximate surface area is 106 Å². The molecule has 0 aliphatic heterocycles. The lowest BCUT2D eigenvalue weighted by molar-refractivity contribution is 0.279. The van der Waals surface area contributed by atoms with Gasteiger partial charge in [-0.3, -0.25) is 0 Å². The maximum absolute atomic E-state index is 9.78. The molecular weight excluding hydrogens is 326 g/mol. The van der Waals surface area contributed by atoms with Crippen molar-refractivity contribution in [3.63, 3.8) is 0 Å². The molecular formula is C10H13Br2NO2. The fraction of sp³-hybridized carbons (Fsp3) is 0.400. The second kappa shape index (κ2) is 5.84. The molecule has 1 atom stereocenters. The number of hydrogen-bond donors (Lipinski definition) is 3. The number of phenols is 1. The first-order chi connectivity index (χ1) is 7.06. The molecule has 0 saturated carbocycles. The van der Waals surface area contributed by atoms with Crippen molar-refractivity contribution in [1.29, 1.82) is 0 Å². The van der Waals surface area contributed by atoms with Crippen LogP contribution in [0.1, 0.15) is 24.4 Å². The second-order valence-electron chi connectivity index (χ2n) is 3.30. The number of benzene rings is 1. The molecule has 4 N–H and O–H groups in total. The molecule has 1 aromatic rings. The third-order valence-electron chi connectivity index (χ3n) is 2.13. The smallest absolute Gasteiger partial charge is 0.134 e. The molecule has 0 aliphatic carbocycles. The number of nitrogens with two attached hydrogens (primary N) is 1. The lowest BCUT2D eigenvalue weighted by Gasteiger charge is -2.14. The largest absolute Gasteiger partial charge is 0.506 e. The molecule has 1 aromatic carbocycles. The summed E-state index contributed by atoms with van der Waals surface area (Å²) in [6.07, 6.45) is 1.28. The van der Waals surface area contributed by atoms with E-state index in [0.29, 0.717) is 22.9 Å². The average molecular weight is 339 g/mol. The summed E-state index contributed by atoms with van der Waals surface area (Å²) in [5.74, 6) is 0.170. The number of aliphatic hydroxyl groups is 1. The zero-order chi connectivity index (χ0) is 11.4. The lowest BCUT2D eigenvalue weighted by Crippen LogP contribution is -2.11. The van der Waals surface area contributed by atoms with Gasteiger partial charge < -0.3 is 15.9 Å². The fourth-order valence-corrected chi connectivity index (χ4v) is 2.59. The van der Waals surface area contributed by atoms with Crippen molar-refractivity contribution in [3.05, 3.63) is 26.6 Å². The Balaban J connectivity index is 2.92. The third-order valence-corrected chi connectivity index (χ3v) is 3.19. The minimum Gasteiger partial charge on any atom is -0.506 e. The zero-order valence-electron chi connectivity index (χ0n) is 8.08. The van der Waals surface area contributed by atoms with Gasteiger partial charge in [0.25, 0.3) is 0 Å². The van der Waals surface area contributed by atoms with Gasteiger partial charge in [0.2, 0.25) is 0 Å². The first-order valence-electron chi connectivity index (χ1n) is 4.60. The van der Waals surface area contributed by atoms with Crippen LogP contribution in [-0.2, 0) is 0 Å². The normalized spacial score (nSPS) is 12.8. The predicted octanol–water partition coefficient (Wildman–Crippen LogP) is 2.69. The van der Waals surface area contributed by atoms with Crippen LogP contribution in [0.2, 0.25) is 0 Å². The van der Waals surface area contributed by atoms with Crippen molar-refractivity contribution in [1.82, 2.24) is 0 Å². The molecule has 0 fully saturated rings. The molecule has 0 aliphatic rings. The van der Waals surface area contributed by atoms with Crippen LogP contribution >= 0.6 is 31.9 Å². The molecule has 0 spiro atoms. The Morgan fingerprint density at radius 3 is 2.60 bits per heavy atom. The van der Waals surface area contributed by atoms with Crippen LogP contribution in [0.4, 0.5) is 0 Å². The van der Waals surface area contributed by atoms with Gasteiger partial charge in [0.05, 0.1) is 4.47 Å². The monoisotopic (exact) mass is 337 g/mol. The summed E-state index contributed by atoms with van der Waals surface area (Å²) in [7, 11) is 0.